The fraction of sp³-hybridized carbons (Fsp3) is 0.417. The molecule has 2 aromatic rings. The Morgan fingerprint density at radius 2 is 2.17 bits per heavy atom. The first-order valence-electron chi connectivity index (χ1n) is 6.04. The van der Waals surface area contributed by atoms with Gasteiger partial charge in [0.25, 0.3) is 0 Å². The summed E-state index contributed by atoms with van der Waals surface area (Å²) in [5, 5.41) is 7.34. The molecule has 96 valence electrons. The van der Waals surface area contributed by atoms with E-state index in [9.17, 15) is 0 Å². The summed E-state index contributed by atoms with van der Waals surface area (Å²) in [5.41, 5.74) is 6.79. The van der Waals surface area contributed by atoms with Gasteiger partial charge in [0.15, 0.2) is 16.2 Å². The minimum atomic E-state index is 0.334. The van der Waals surface area contributed by atoms with Crippen molar-refractivity contribution < 1.29 is 4.42 Å². The number of hydrogen-bond donors (Lipinski definition) is 2. The van der Waals surface area contributed by atoms with Crippen LogP contribution in [-0.4, -0.2) is 29.3 Å². The highest BCUT2D eigenvalue weighted by molar-refractivity contribution is 9.10. The van der Waals surface area contributed by atoms with Gasteiger partial charge >= 0.3 is 0 Å². The number of nitrogens with two attached hydrogens (primary N) is 1. The first-order chi connectivity index (χ1) is 8.72. The first-order valence-corrected chi connectivity index (χ1v) is 6.83. The Bertz CT molecular complexity index is 528. The van der Waals surface area contributed by atoms with Crippen molar-refractivity contribution in [2.45, 2.75) is 18.9 Å². The first kappa shape index (κ1) is 11.8. The lowest BCUT2D eigenvalue weighted by molar-refractivity contribution is 0.498. The largest absolute Gasteiger partial charge is 0.448 e. The standard InChI is InChI=1S/C12H15BrN4O/c13-11-2-1-10(18-11)9-7-12(16-15-9)17-5-3-8(14)4-6-17/h1-2,7-8H,3-6,14H2,(H,15,16). The summed E-state index contributed by atoms with van der Waals surface area (Å²) < 4.78 is 6.21. The topological polar surface area (TPSA) is 71.1 Å². The van der Waals surface area contributed by atoms with E-state index in [1.807, 2.05) is 18.2 Å². The second-order valence-electron chi connectivity index (χ2n) is 4.57. The monoisotopic (exact) mass is 310 g/mol. The van der Waals surface area contributed by atoms with Gasteiger partial charge < -0.3 is 15.1 Å². The number of furan rings is 1. The molecule has 3 N–H and O–H groups in total. The minimum absolute atomic E-state index is 0.334. The van der Waals surface area contributed by atoms with E-state index in [4.69, 9.17) is 10.2 Å². The van der Waals surface area contributed by atoms with E-state index >= 15 is 0 Å². The third-order valence-electron chi connectivity index (χ3n) is 3.27. The Morgan fingerprint density at radius 1 is 1.39 bits per heavy atom. The molecule has 0 amide bonds. The van der Waals surface area contributed by atoms with Gasteiger partial charge in [-0.05, 0) is 40.9 Å². The van der Waals surface area contributed by atoms with Gasteiger partial charge in [-0.3, -0.25) is 5.10 Å². The molecule has 1 aliphatic heterocycles. The summed E-state index contributed by atoms with van der Waals surface area (Å²) in [4.78, 5) is 2.25. The molecule has 18 heavy (non-hydrogen) atoms. The van der Waals surface area contributed by atoms with E-state index in [1.54, 1.807) is 0 Å². The van der Waals surface area contributed by atoms with Gasteiger partial charge in [0.05, 0.1) is 0 Å². The zero-order valence-corrected chi connectivity index (χ0v) is 11.5. The maximum atomic E-state index is 5.90. The molecule has 0 saturated carbocycles. The van der Waals surface area contributed by atoms with Crippen molar-refractivity contribution in [1.82, 2.24) is 10.2 Å². The van der Waals surface area contributed by atoms with Crippen LogP contribution < -0.4 is 10.6 Å². The van der Waals surface area contributed by atoms with Crippen molar-refractivity contribution in [2.24, 2.45) is 5.73 Å². The van der Waals surface area contributed by atoms with E-state index in [-0.39, 0.29) is 0 Å². The lowest BCUT2D eigenvalue weighted by Gasteiger charge is -2.29. The highest BCUT2D eigenvalue weighted by Crippen LogP contribution is 2.27. The normalized spacial score (nSPS) is 17.3. The number of aromatic amines is 1. The number of H-pyrrole nitrogens is 1. The summed E-state index contributed by atoms with van der Waals surface area (Å²) in [7, 11) is 0. The van der Waals surface area contributed by atoms with Crippen LogP contribution in [0.15, 0.2) is 27.3 Å². The Morgan fingerprint density at radius 3 is 2.83 bits per heavy atom. The van der Waals surface area contributed by atoms with Gasteiger partial charge in [0, 0.05) is 25.2 Å². The lowest BCUT2D eigenvalue weighted by Crippen LogP contribution is -2.39. The van der Waals surface area contributed by atoms with Crippen molar-refractivity contribution in [3.8, 4) is 11.5 Å². The third kappa shape index (κ3) is 2.30. The van der Waals surface area contributed by atoms with Crippen molar-refractivity contribution in [1.29, 1.82) is 0 Å². The molecule has 5 nitrogen and oxygen atoms in total. The summed E-state index contributed by atoms with van der Waals surface area (Å²) in [6.07, 6.45) is 2.04. The number of halogens is 1. The van der Waals surface area contributed by atoms with Gasteiger partial charge in [-0.25, -0.2) is 0 Å². The SMILES string of the molecule is NC1CCN(c2cc(-c3ccc(Br)o3)[nH]n2)CC1. The van der Waals surface area contributed by atoms with Crippen LogP contribution >= 0.6 is 15.9 Å². The maximum Gasteiger partial charge on any atom is 0.169 e. The predicted octanol–water partition coefficient (Wildman–Crippen LogP) is 2.36. The van der Waals surface area contributed by atoms with Crippen LogP contribution in [0.5, 0.6) is 0 Å². The molecule has 0 radical (unpaired) electrons. The number of hydrogen-bond acceptors (Lipinski definition) is 4. The Balaban J connectivity index is 1.77. The fourth-order valence-corrected chi connectivity index (χ4v) is 2.49. The molecular formula is C12H15BrN4O. The van der Waals surface area contributed by atoms with Gasteiger partial charge in [0.1, 0.15) is 5.69 Å². The second kappa shape index (κ2) is 4.78. The van der Waals surface area contributed by atoms with Crippen LogP contribution in [0.3, 0.4) is 0 Å². The summed E-state index contributed by atoms with van der Waals surface area (Å²) in [6, 6.07) is 6.13. The second-order valence-corrected chi connectivity index (χ2v) is 5.35. The van der Waals surface area contributed by atoms with Gasteiger partial charge in [-0.15, -0.1) is 0 Å². The summed E-state index contributed by atoms with van der Waals surface area (Å²) in [6.45, 7) is 1.93. The molecule has 1 saturated heterocycles. The van der Waals surface area contributed by atoms with Gasteiger partial charge in [-0.2, -0.15) is 5.10 Å². The van der Waals surface area contributed by atoms with Crippen molar-refractivity contribution in [3.63, 3.8) is 0 Å². The molecule has 3 rings (SSSR count). The van der Waals surface area contributed by atoms with E-state index in [1.165, 1.54) is 0 Å². The average molecular weight is 311 g/mol. The Hall–Kier alpha value is -1.27. The van der Waals surface area contributed by atoms with Crippen molar-refractivity contribution in [2.75, 3.05) is 18.0 Å². The van der Waals surface area contributed by atoms with E-state index in [0.29, 0.717) is 6.04 Å². The van der Waals surface area contributed by atoms with Crippen LogP contribution in [0.1, 0.15) is 12.8 Å². The molecule has 0 aromatic carbocycles. The maximum absolute atomic E-state index is 5.90. The smallest absolute Gasteiger partial charge is 0.169 e. The summed E-state index contributed by atoms with van der Waals surface area (Å²) in [5.74, 6) is 1.75. The molecule has 0 aliphatic carbocycles. The van der Waals surface area contributed by atoms with Crippen molar-refractivity contribution in [3.05, 3.63) is 22.9 Å². The quantitative estimate of drug-likeness (QED) is 0.893. The van der Waals surface area contributed by atoms with E-state index < -0.39 is 0 Å². The lowest BCUT2D eigenvalue weighted by atomic mass is 10.1. The molecule has 1 fully saturated rings. The average Bonchev–Trinajstić information content (AvgIpc) is 2.98. The van der Waals surface area contributed by atoms with Crippen LogP contribution in [0.25, 0.3) is 11.5 Å². The minimum Gasteiger partial charge on any atom is -0.448 e. The van der Waals surface area contributed by atoms with Crippen LogP contribution in [0, 0.1) is 0 Å². The van der Waals surface area contributed by atoms with Crippen LogP contribution in [-0.2, 0) is 0 Å². The molecular weight excluding hydrogens is 296 g/mol. The van der Waals surface area contributed by atoms with Crippen LogP contribution in [0.2, 0.25) is 0 Å². The fourth-order valence-electron chi connectivity index (χ4n) is 2.19. The Labute approximate surface area is 113 Å². The molecule has 3 heterocycles. The number of nitrogens with one attached hydrogen (secondary N) is 1. The van der Waals surface area contributed by atoms with E-state index in [0.717, 1.165) is 47.9 Å². The van der Waals surface area contributed by atoms with Crippen LogP contribution in [0.4, 0.5) is 5.82 Å². The van der Waals surface area contributed by atoms with Gasteiger partial charge in [-0.1, -0.05) is 0 Å². The number of anilines is 1. The molecule has 0 spiro atoms. The van der Waals surface area contributed by atoms with Crippen molar-refractivity contribution >= 4 is 21.7 Å². The van der Waals surface area contributed by atoms with Gasteiger partial charge in [0.2, 0.25) is 0 Å². The molecule has 0 atom stereocenters. The number of rotatable bonds is 2. The zero-order valence-electron chi connectivity index (χ0n) is 9.90. The summed E-state index contributed by atoms with van der Waals surface area (Å²) >= 11 is 3.29. The third-order valence-corrected chi connectivity index (χ3v) is 3.69. The molecule has 0 unspecified atom stereocenters. The zero-order chi connectivity index (χ0) is 12.5. The molecule has 1 aliphatic rings. The molecule has 2 aromatic heterocycles. The molecule has 0 bridgehead atoms. The number of piperidine rings is 1. The Kier molecular flexibility index (Phi) is 3.13. The molecule has 6 heteroatoms. The highest BCUT2D eigenvalue weighted by Gasteiger charge is 2.19. The number of aromatic nitrogens is 2. The highest BCUT2D eigenvalue weighted by atomic mass is 79.9. The predicted molar refractivity (Wildman–Crippen MR) is 73.4 cm³/mol. The van der Waals surface area contributed by atoms with E-state index in [2.05, 4.69) is 31.0 Å². The number of nitrogens with zero attached hydrogens (tertiary/aromatic N) is 2.